The van der Waals surface area contributed by atoms with Crippen LogP contribution in [-0.4, -0.2) is 36.6 Å². The monoisotopic (exact) mass is 417 g/mol. The first-order valence-electron chi connectivity index (χ1n) is 8.88. The lowest BCUT2D eigenvalue weighted by Crippen LogP contribution is -2.34. The van der Waals surface area contributed by atoms with Crippen molar-refractivity contribution in [3.63, 3.8) is 0 Å². The lowest BCUT2D eigenvalue weighted by molar-refractivity contribution is -0.123. The number of aromatic nitrogens is 1. The maximum absolute atomic E-state index is 12.8. The molecule has 0 fully saturated rings. The van der Waals surface area contributed by atoms with Crippen molar-refractivity contribution in [2.24, 2.45) is 0 Å². The van der Waals surface area contributed by atoms with Gasteiger partial charge in [-0.05, 0) is 43.3 Å². The van der Waals surface area contributed by atoms with Crippen LogP contribution in [0.5, 0.6) is 5.75 Å². The van der Waals surface area contributed by atoms with E-state index in [-0.39, 0.29) is 16.8 Å². The van der Waals surface area contributed by atoms with Gasteiger partial charge in [-0.1, -0.05) is 12.1 Å². The second-order valence-corrected chi connectivity index (χ2v) is 6.48. The molecule has 1 heterocycles. The summed E-state index contributed by atoms with van der Waals surface area (Å²) in [5.74, 6) is -0.881. The number of para-hydroxylation sites is 1. The third kappa shape index (κ3) is 4.86. The van der Waals surface area contributed by atoms with E-state index in [1.54, 1.807) is 42.6 Å². The second-order valence-electron chi connectivity index (χ2n) is 6.48. The highest BCUT2D eigenvalue weighted by Crippen LogP contribution is 2.23. The fourth-order valence-corrected chi connectivity index (χ4v) is 2.86. The molecule has 3 aromatic rings. The number of methoxy groups -OCH3 is 1. The standard InChI is InChI=1S/C21H18F3N3O3/c1-12-16(10-13-9-14(30-2)7-8-17(13)26-12)20(29)27-18-6-4-3-5-15(18)19(28)25-11-21(22,23)24/h3-10H,11H2,1-2H3,(H,25,28)(H,27,29). The van der Waals surface area contributed by atoms with Gasteiger partial charge in [0.15, 0.2) is 0 Å². The number of carbonyl (C=O) groups is 2. The SMILES string of the molecule is COc1ccc2nc(C)c(C(=O)Nc3ccccc3C(=O)NCC(F)(F)F)cc2c1. The summed E-state index contributed by atoms with van der Waals surface area (Å²) in [6.07, 6.45) is -4.54. The molecule has 0 aliphatic heterocycles. The zero-order valence-corrected chi connectivity index (χ0v) is 16.1. The number of fused-ring (bicyclic) bond motifs is 1. The number of halogens is 3. The van der Waals surface area contributed by atoms with Gasteiger partial charge < -0.3 is 15.4 Å². The van der Waals surface area contributed by atoms with Crippen LogP contribution in [0.15, 0.2) is 48.5 Å². The summed E-state index contributed by atoms with van der Waals surface area (Å²) in [6, 6.07) is 12.7. The van der Waals surface area contributed by atoms with Crippen LogP contribution in [0.25, 0.3) is 10.9 Å². The average molecular weight is 417 g/mol. The predicted molar refractivity (Wildman–Crippen MR) is 106 cm³/mol. The molecule has 0 atom stereocenters. The molecule has 0 radical (unpaired) electrons. The summed E-state index contributed by atoms with van der Waals surface area (Å²) in [7, 11) is 1.52. The quantitative estimate of drug-likeness (QED) is 0.655. The predicted octanol–water partition coefficient (Wildman–Crippen LogP) is 4.10. The first kappa shape index (κ1) is 21.1. The zero-order valence-electron chi connectivity index (χ0n) is 16.1. The van der Waals surface area contributed by atoms with Gasteiger partial charge in [-0.25, -0.2) is 0 Å². The molecular weight excluding hydrogens is 399 g/mol. The van der Waals surface area contributed by atoms with E-state index in [4.69, 9.17) is 4.74 Å². The van der Waals surface area contributed by atoms with Crippen molar-refractivity contribution in [1.29, 1.82) is 0 Å². The first-order chi connectivity index (χ1) is 14.2. The molecule has 2 aromatic carbocycles. The largest absolute Gasteiger partial charge is 0.497 e. The number of hydrogen-bond donors (Lipinski definition) is 2. The van der Waals surface area contributed by atoms with Crippen LogP contribution >= 0.6 is 0 Å². The Morgan fingerprint density at radius 3 is 2.47 bits per heavy atom. The summed E-state index contributed by atoms with van der Waals surface area (Å²) in [5.41, 5.74) is 1.41. The Hall–Kier alpha value is -3.62. The third-order valence-electron chi connectivity index (χ3n) is 4.33. The summed E-state index contributed by atoms with van der Waals surface area (Å²) < 4.78 is 42.4. The number of nitrogens with one attached hydrogen (secondary N) is 2. The molecule has 0 spiro atoms. The number of carbonyl (C=O) groups excluding carboxylic acids is 2. The van der Waals surface area contributed by atoms with Gasteiger partial charge in [-0.2, -0.15) is 13.2 Å². The lowest BCUT2D eigenvalue weighted by Gasteiger charge is -2.13. The molecule has 9 heteroatoms. The topological polar surface area (TPSA) is 80.3 Å². The van der Waals surface area contributed by atoms with Gasteiger partial charge in [0.2, 0.25) is 0 Å². The molecule has 2 N–H and O–H groups in total. The van der Waals surface area contributed by atoms with Crippen molar-refractivity contribution in [2.75, 3.05) is 19.0 Å². The molecule has 2 amide bonds. The minimum Gasteiger partial charge on any atom is -0.497 e. The summed E-state index contributed by atoms with van der Waals surface area (Å²) >= 11 is 0. The van der Waals surface area contributed by atoms with E-state index in [1.165, 1.54) is 25.3 Å². The van der Waals surface area contributed by atoms with E-state index < -0.39 is 24.5 Å². The fourth-order valence-electron chi connectivity index (χ4n) is 2.86. The molecular formula is C21H18F3N3O3. The van der Waals surface area contributed by atoms with Gasteiger partial charge in [0.1, 0.15) is 12.3 Å². The highest BCUT2D eigenvalue weighted by molar-refractivity contribution is 6.10. The minimum atomic E-state index is -4.54. The molecule has 6 nitrogen and oxygen atoms in total. The molecule has 3 rings (SSSR count). The smallest absolute Gasteiger partial charge is 0.405 e. The Bertz CT molecular complexity index is 1110. The Labute approximate surface area is 170 Å². The first-order valence-corrected chi connectivity index (χ1v) is 8.88. The number of benzene rings is 2. The number of rotatable bonds is 5. The van der Waals surface area contributed by atoms with E-state index in [0.717, 1.165) is 0 Å². The second kappa shape index (κ2) is 8.40. The highest BCUT2D eigenvalue weighted by Gasteiger charge is 2.28. The molecule has 0 unspecified atom stereocenters. The number of pyridine rings is 1. The summed E-state index contributed by atoms with van der Waals surface area (Å²) in [6.45, 7) is 0.199. The summed E-state index contributed by atoms with van der Waals surface area (Å²) in [4.78, 5) is 29.4. The van der Waals surface area contributed by atoms with Gasteiger partial charge in [-0.15, -0.1) is 0 Å². The van der Waals surface area contributed by atoms with Crippen LogP contribution in [0.1, 0.15) is 26.4 Å². The van der Waals surface area contributed by atoms with Gasteiger partial charge >= 0.3 is 6.18 Å². The number of amides is 2. The number of aryl methyl sites for hydroxylation is 1. The molecule has 156 valence electrons. The summed E-state index contributed by atoms with van der Waals surface area (Å²) in [5, 5.41) is 5.07. The fraction of sp³-hybridized carbons (Fsp3) is 0.190. The molecule has 30 heavy (non-hydrogen) atoms. The zero-order chi connectivity index (χ0) is 21.9. The van der Waals surface area contributed by atoms with Crippen LogP contribution in [0.2, 0.25) is 0 Å². The van der Waals surface area contributed by atoms with E-state index in [0.29, 0.717) is 22.3 Å². The van der Waals surface area contributed by atoms with Crippen molar-refractivity contribution in [3.8, 4) is 5.75 Å². The van der Waals surface area contributed by atoms with Crippen molar-refractivity contribution < 1.29 is 27.5 Å². The van der Waals surface area contributed by atoms with Crippen molar-refractivity contribution in [2.45, 2.75) is 13.1 Å². The van der Waals surface area contributed by atoms with Crippen LogP contribution in [-0.2, 0) is 0 Å². The van der Waals surface area contributed by atoms with Gasteiger partial charge in [0, 0.05) is 5.39 Å². The Kier molecular flexibility index (Phi) is 5.91. The van der Waals surface area contributed by atoms with E-state index in [9.17, 15) is 22.8 Å². The maximum Gasteiger partial charge on any atom is 0.405 e. The highest BCUT2D eigenvalue weighted by atomic mass is 19.4. The molecule has 1 aromatic heterocycles. The number of alkyl halides is 3. The van der Waals surface area contributed by atoms with Crippen LogP contribution in [0.3, 0.4) is 0 Å². The van der Waals surface area contributed by atoms with Gasteiger partial charge in [-0.3, -0.25) is 14.6 Å². The van der Waals surface area contributed by atoms with E-state index in [1.807, 2.05) is 0 Å². The maximum atomic E-state index is 12.8. The normalized spacial score (nSPS) is 11.2. The van der Waals surface area contributed by atoms with E-state index >= 15 is 0 Å². The number of ether oxygens (including phenoxy) is 1. The van der Waals surface area contributed by atoms with Crippen LogP contribution in [0.4, 0.5) is 18.9 Å². The number of hydrogen-bond acceptors (Lipinski definition) is 4. The lowest BCUT2D eigenvalue weighted by atomic mass is 10.1. The van der Waals surface area contributed by atoms with E-state index in [2.05, 4.69) is 10.3 Å². The Morgan fingerprint density at radius 2 is 1.77 bits per heavy atom. The Morgan fingerprint density at radius 1 is 1.03 bits per heavy atom. The van der Waals surface area contributed by atoms with Gasteiger partial charge in [0.25, 0.3) is 11.8 Å². The van der Waals surface area contributed by atoms with Gasteiger partial charge in [0.05, 0.1) is 35.1 Å². The molecule has 0 aliphatic rings. The third-order valence-corrected chi connectivity index (χ3v) is 4.33. The molecule has 0 saturated heterocycles. The number of nitrogens with zero attached hydrogens (tertiary/aromatic N) is 1. The van der Waals surface area contributed by atoms with Crippen LogP contribution in [0, 0.1) is 6.92 Å². The molecule has 0 aliphatic carbocycles. The van der Waals surface area contributed by atoms with Crippen molar-refractivity contribution in [1.82, 2.24) is 10.3 Å². The average Bonchev–Trinajstić information content (AvgIpc) is 2.71. The van der Waals surface area contributed by atoms with Crippen molar-refractivity contribution >= 4 is 28.4 Å². The Balaban J connectivity index is 1.87. The molecule has 0 saturated carbocycles. The van der Waals surface area contributed by atoms with Crippen molar-refractivity contribution in [3.05, 3.63) is 65.4 Å². The minimum absolute atomic E-state index is 0.0804. The molecule has 0 bridgehead atoms. The van der Waals surface area contributed by atoms with Crippen LogP contribution < -0.4 is 15.4 Å². The number of anilines is 1.